The Bertz CT molecular complexity index is 3330. The summed E-state index contributed by atoms with van der Waals surface area (Å²) in [5, 5.41) is 4.88. The zero-order valence-corrected chi connectivity index (χ0v) is 33.3. The Labute approximate surface area is 352 Å². The first-order chi connectivity index (χ1) is 29.7. The van der Waals surface area contributed by atoms with Crippen LogP contribution in [0.1, 0.15) is 22.3 Å². The van der Waals surface area contributed by atoms with Crippen molar-refractivity contribution in [2.24, 2.45) is 0 Å². The molecule has 9 aromatic carbocycles. The third kappa shape index (κ3) is 5.38. The number of benzene rings is 9. The maximum absolute atomic E-state index is 4.98. The van der Waals surface area contributed by atoms with E-state index in [-0.39, 0.29) is 0 Å². The SMILES string of the molecule is c1ccc(-c2nc(-c3ccccc3)nc(-c3ccc4cc(-c5cccc6sc7cc(C8(c9ccccc9)c9ccccc9-c9ccccc98)ccc7c56)ccc4c3)n2)cc1. The zero-order chi connectivity index (χ0) is 39.6. The van der Waals surface area contributed by atoms with Crippen LogP contribution in [0.5, 0.6) is 0 Å². The molecule has 0 atom stereocenters. The summed E-state index contributed by atoms with van der Waals surface area (Å²) in [5.74, 6) is 1.97. The molecule has 1 aliphatic carbocycles. The average Bonchev–Trinajstić information content (AvgIpc) is 3.86. The lowest BCUT2D eigenvalue weighted by Gasteiger charge is -2.33. The molecule has 2 heterocycles. The van der Waals surface area contributed by atoms with Crippen molar-refractivity contribution in [2.75, 3.05) is 0 Å². The minimum absolute atomic E-state index is 0.424. The maximum Gasteiger partial charge on any atom is 0.164 e. The van der Waals surface area contributed by atoms with E-state index in [0.29, 0.717) is 17.5 Å². The normalized spacial score (nSPS) is 12.8. The van der Waals surface area contributed by atoms with E-state index in [4.69, 9.17) is 15.0 Å². The van der Waals surface area contributed by atoms with E-state index >= 15 is 0 Å². The van der Waals surface area contributed by atoms with Gasteiger partial charge in [0, 0.05) is 36.9 Å². The predicted molar refractivity (Wildman–Crippen MR) is 249 cm³/mol. The Morgan fingerprint density at radius 3 is 1.48 bits per heavy atom. The number of fused-ring (bicyclic) bond motifs is 7. The van der Waals surface area contributed by atoms with E-state index in [1.807, 2.05) is 72.0 Å². The molecule has 0 radical (unpaired) electrons. The van der Waals surface area contributed by atoms with Crippen LogP contribution in [0, 0.1) is 0 Å². The van der Waals surface area contributed by atoms with Gasteiger partial charge in [0.1, 0.15) is 0 Å². The smallest absolute Gasteiger partial charge is 0.164 e. The summed E-state index contributed by atoms with van der Waals surface area (Å²) in [4.78, 5) is 14.9. The summed E-state index contributed by atoms with van der Waals surface area (Å²) in [5.41, 5.74) is 12.7. The van der Waals surface area contributed by atoms with Crippen molar-refractivity contribution in [1.29, 1.82) is 0 Å². The highest BCUT2D eigenvalue weighted by molar-refractivity contribution is 7.26. The van der Waals surface area contributed by atoms with Crippen molar-refractivity contribution in [3.63, 3.8) is 0 Å². The fourth-order valence-corrected chi connectivity index (χ4v) is 10.7. The molecule has 280 valence electrons. The minimum atomic E-state index is -0.424. The average molecular weight is 782 g/mol. The first-order valence-electron chi connectivity index (χ1n) is 20.3. The molecule has 0 saturated carbocycles. The fourth-order valence-electron chi connectivity index (χ4n) is 9.50. The second-order valence-electron chi connectivity index (χ2n) is 15.5. The Morgan fingerprint density at radius 1 is 0.333 bits per heavy atom. The van der Waals surface area contributed by atoms with Gasteiger partial charge in [0.2, 0.25) is 0 Å². The predicted octanol–water partition coefficient (Wildman–Crippen LogP) is 14.4. The van der Waals surface area contributed by atoms with Crippen LogP contribution in [0.2, 0.25) is 0 Å². The Balaban J connectivity index is 0.967. The van der Waals surface area contributed by atoms with Crippen LogP contribution in [0.3, 0.4) is 0 Å². The second kappa shape index (κ2) is 13.8. The molecule has 0 saturated heterocycles. The van der Waals surface area contributed by atoms with Crippen molar-refractivity contribution in [3.8, 4) is 56.4 Å². The lowest BCUT2D eigenvalue weighted by Crippen LogP contribution is -2.28. The van der Waals surface area contributed by atoms with Gasteiger partial charge >= 0.3 is 0 Å². The highest BCUT2D eigenvalue weighted by Gasteiger charge is 2.46. The van der Waals surface area contributed by atoms with Gasteiger partial charge in [0.05, 0.1) is 5.41 Å². The second-order valence-corrected chi connectivity index (χ2v) is 16.6. The van der Waals surface area contributed by atoms with Crippen molar-refractivity contribution >= 4 is 42.3 Å². The van der Waals surface area contributed by atoms with Crippen LogP contribution in [0.4, 0.5) is 0 Å². The highest BCUT2D eigenvalue weighted by Crippen LogP contribution is 2.56. The first kappa shape index (κ1) is 34.5. The van der Waals surface area contributed by atoms with Crippen LogP contribution in [-0.2, 0) is 5.41 Å². The number of nitrogens with zero attached hydrogens (tertiary/aromatic N) is 3. The quantitative estimate of drug-likeness (QED) is 0.169. The van der Waals surface area contributed by atoms with E-state index in [2.05, 4.69) is 152 Å². The summed E-state index contributed by atoms with van der Waals surface area (Å²) in [6.45, 7) is 0. The van der Waals surface area contributed by atoms with Crippen molar-refractivity contribution < 1.29 is 0 Å². The summed E-state index contributed by atoms with van der Waals surface area (Å²) in [7, 11) is 0. The Hall–Kier alpha value is -7.53. The van der Waals surface area contributed by atoms with Crippen LogP contribution in [-0.4, -0.2) is 15.0 Å². The molecule has 0 fully saturated rings. The molecule has 11 aromatic rings. The molecule has 0 aliphatic heterocycles. The number of hydrogen-bond acceptors (Lipinski definition) is 4. The zero-order valence-electron chi connectivity index (χ0n) is 32.5. The Kier molecular flexibility index (Phi) is 7.94. The topological polar surface area (TPSA) is 38.7 Å². The van der Waals surface area contributed by atoms with Crippen molar-refractivity contribution in [2.45, 2.75) is 5.41 Å². The summed E-state index contributed by atoms with van der Waals surface area (Å²) in [6.07, 6.45) is 0. The largest absolute Gasteiger partial charge is 0.208 e. The van der Waals surface area contributed by atoms with Gasteiger partial charge in [0.25, 0.3) is 0 Å². The molecule has 0 amide bonds. The summed E-state index contributed by atoms with van der Waals surface area (Å²) < 4.78 is 2.58. The monoisotopic (exact) mass is 781 g/mol. The van der Waals surface area contributed by atoms with Gasteiger partial charge < -0.3 is 0 Å². The molecule has 60 heavy (non-hydrogen) atoms. The molecule has 4 heteroatoms. The first-order valence-corrected chi connectivity index (χ1v) is 21.2. The van der Waals surface area contributed by atoms with Crippen LogP contribution in [0.15, 0.2) is 212 Å². The summed E-state index contributed by atoms with van der Waals surface area (Å²) in [6, 6.07) is 76.5. The molecule has 0 spiro atoms. The highest BCUT2D eigenvalue weighted by atomic mass is 32.1. The third-order valence-electron chi connectivity index (χ3n) is 12.2. The molecule has 2 aromatic heterocycles. The van der Waals surface area contributed by atoms with Gasteiger partial charge in [-0.15, -0.1) is 11.3 Å². The molecular weight excluding hydrogens is 747 g/mol. The van der Waals surface area contributed by atoms with Gasteiger partial charge in [0.15, 0.2) is 17.5 Å². The molecule has 3 nitrogen and oxygen atoms in total. The van der Waals surface area contributed by atoms with Gasteiger partial charge in [-0.05, 0) is 79.5 Å². The van der Waals surface area contributed by atoms with Gasteiger partial charge in [-0.3, -0.25) is 0 Å². The maximum atomic E-state index is 4.98. The number of rotatable bonds is 6. The van der Waals surface area contributed by atoms with Gasteiger partial charge in [-0.2, -0.15) is 0 Å². The lowest BCUT2D eigenvalue weighted by atomic mass is 9.67. The van der Waals surface area contributed by atoms with Crippen LogP contribution >= 0.6 is 11.3 Å². The van der Waals surface area contributed by atoms with E-state index in [1.165, 1.54) is 70.1 Å². The molecule has 0 unspecified atom stereocenters. The summed E-state index contributed by atoms with van der Waals surface area (Å²) >= 11 is 1.88. The lowest BCUT2D eigenvalue weighted by molar-refractivity contribution is 0.770. The standard InChI is InChI=1S/C56H35N3S/c1-4-15-36(16-5-1)53-57-54(37-17-6-2-7-18-37)59-55(58-53)41-30-28-38-33-40(29-27-39(38)34-41)44-23-14-26-50-52(44)47-32-31-43(35-51(47)60-50)56(42-19-8-3-9-20-42)48-24-12-10-21-45(48)46-22-11-13-25-49(46)56/h1-35H. The van der Waals surface area contributed by atoms with Crippen molar-refractivity contribution in [3.05, 3.63) is 235 Å². The molecule has 12 rings (SSSR count). The van der Waals surface area contributed by atoms with E-state index in [9.17, 15) is 0 Å². The van der Waals surface area contributed by atoms with Crippen LogP contribution < -0.4 is 0 Å². The van der Waals surface area contributed by atoms with E-state index in [1.54, 1.807) is 0 Å². The number of hydrogen-bond donors (Lipinski definition) is 0. The minimum Gasteiger partial charge on any atom is -0.208 e. The van der Waals surface area contributed by atoms with Gasteiger partial charge in [-0.1, -0.05) is 188 Å². The molecule has 0 N–H and O–H groups in total. The van der Waals surface area contributed by atoms with Gasteiger partial charge in [-0.25, -0.2) is 15.0 Å². The number of aromatic nitrogens is 3. The molecular formula is C56H35N3S. The van der Waals surface area contributed by atoms with Crippen molar-refractivity contribution in [1.82, 2.24) is 15.0 Å². The van der Waals surface area contributed by atoms with Crippen LogP contribution in [0.25, 0.3) is 87.4 Å². The molecule has 0 bridgehead atoms. The molecule has 1 aliphatic rings. The number of thiophene rings is 1. The third-order valence-corrected chi connectivity index (χ3v) is 13.3. The van der Waals surface area contributed by atoms with E-state index in [0.717, 1.165) is 22.1 Å². The Morgan fingerprint density at radius 2 is 0.850 bits per heavy atom. The fraction of sp³-hybridized carbons (Fsp3) is 0.0179. The van der Waals surface area contributed by atoms with E-state index < -0.39 is 5.41 Å².